The van der Waals surface area contributed by atoms with Gasteiger partial charge in [0.1, 0.15) is 0 Å². The molecule has 1 aliphatic rings. The fourth-order valence-electron chi connectivity index (χ4n) is 2.77. The lowest BCUT2D eigenvalue weighted by Crippen LogP contribution is -2.31. The van der Waals surface area contributed by atoms with Crippen LogP contribution in [0.25, 0.3) is 0 Å². The summed E-state index contributed by atoms with van der Waals surface area (Å²) in [6.07, 6.45) is 5.18. The Balaban J connectivity index is 1.83. The van der Waals surface area contributed by atoms with Crippen LogP contribution >= 0.6 is 11.5 Å². The van der Waals surface area contributed by atoms with E-state index in [0.717, 1.165) is 38.0 Å². The second-order valence-corrected chi connectivity index (χ2v) is 6.99. The Morgan fingerprint density at radius 1 is 1.37 bits per heavy atom. The summed E-state index contributed by atoms with van der Waals surface area (Å²) in [5.41, 5.74) is 0.720. The first-order valence-corrected chi connectivity index (χ1v) is 7.99. The zero-order chi connectivity index (χ0) is 13.9. The zero-order valence-corrected chi connectivity index (χ0v) is 13.0. The van der Waals surface area contributed by atoms with E-state index in [2.05, 4.69) is 35.4 Å². The molecule has 1 aliphatic carbocycles. The Bertz CT molecular complexity index is 399. The summed E-state index contributed by atoms with van der Waals surface area (Å²) in [6, 6.07) is 0. The second kappa shape index (κ2) is 6.29. The molecule has 1 N–H and O–H groups in total. The van der Waals surface area contributed by atoms with Crippen LogP contribution in [0.1, 0.15) is 62.4 Å². The van der Waals surface area contributed by atoms with Crippen molar-refractivity contribution < 1.29 is 5.11 Å². The number of hydrogen-bond acceptors (Lipinski definition) is 5. The van der Waals surface area contributed by atoms with Gasteiger partial charge in [-0.2, -0.15) is 0 Å². The van der Waals surface area contributed by atoms with E-state index in [1.807, 2.05) is 0 Å². The van der Waals surface area contributed by atoms with Crippen LogP contribution < -0.4 is 0 Å². The normalized spacial score (nSPS) is 18.6. The summed E-state index contributed by atoms with van der Waals surface area (Å²) in [7, 11) is 2.11. The van der Waals surface area contributed by atoms with Gasteiger partial charge < -0.3 is 10.0 Å². The van der Waals surface area contributed by atoms with Crippen molar-refractivity contribution >= 4 is 11.5 Å². The third kappa shape index (κ3) is 3.97. The largest absolute Gasteiger partial charge is 0.390 e. The Kier molecular flexibility index (Phi) is 4.92. The van der Waals surface area contributed by atoms with Gasteiger partial charge in [-0.15, -0.1) is 5.10 Å². The van der Waals surface area contributed by atoms with Gasteiger partial charge in [0, 0.05) is 13.1 Å². The van der Waals surface area contributed by atoms with E-state index in [-0.39, 0.29) is 0 Å². The van der Waals surface area contributed by atoms with Crippen molar-refractivity contribution in [1.82, 2.24) is 14.5 Å². The smallest absolute Gasteiger partial charge is 0.0826 e. The van der Waals surface area contributed by atoms with Crippen molar-refractivity contribution in [3.8, 4) is 0 Å². The lowest BCUT2D eigenvalue weighted by molar-refractivity contribution is 0.0298. The minimum Gasteiger partial charge on any atom is -0.390 e. The van der Waals surface area contributed by atoms with Gasteiger partial charge in [-0.25, -0.2) is 0 Å². The van der Waals surface area contributed by atoms with Gasteiger partial charge in [-0.3, -0.25) is 0 Å². The van der Waals surface area contributed by atoms with E-state index < -0.39 is 5.60 Å². The van der Waals surface area contributed by atoms with Crippen LogP contribution in [0.15, 0.2) is 0 Å². The van der Waals surface area contributed by atoms with E-state index in [0.29, 0.717) is 5.92 Å². The molecule has 1 aromatic rings. The molecule has 0 atom stereocenters. The van der Waals surface area contributed by atoms with Crippen molar-refractivity contribution in [2.45, 2.75) is 64.0 Å². The summed E-state index contributed by atoms with van der Waals surface area (Å²) in [6.45, 7) is 6.14. The van der Waals surface area contributed by atoms with E-state index in [4.69, 9.17) is 0 Å². The molecule has 1 fully saturated rings. The Labute approximate surface area is 120 Å². The van der Waals surface area contributed by atoms with Gasteiger partial charge in [0.25, 0.3) is 0 Å². The van der Waals surface area contributed by atoms with Crippen LogP contribution in [0.4, 0.5) is 0 Å². The van der Waals surface area contributed by atoms with Gasteiger partial charge in [0.2, 0.25) is 0 Å². The summed E-state index contributed by atoms with van der Waals surface area (Å²) in [5, 5.41) is 14.6. The van der Waals surface area contributed by atoms with E-state index >= 15 is 0 Å². The molecule has 108 valence electrons. The number of rotatable bonds is 6. The monoisotopic (exact) mass is 283 g/mol. The van der Waals surface area contributed by atoms with Gasteiger partial charge >= 0.3 is 0 Å². The molecule has 0 aromatic carbocycles. The number of aliphatic hydroxyl groups is 1. The molecular formula is C14H25N3OS. The predicted octanol–water partition coefficient (Wildman–Crippen LogP) is 2.79. The topological polar surface area (TPSA) is 49.2 Å². The maximum atomic E-state index is 10.4. The Morgan fingerprint density at radius 3 is 2.68 bits per heavy atom. The average Bonchev–Trinajstić information content (AvgIpc) is 2.96. The quantitative estimate of drug-likeness (QED) is 0.872. The second-order valence-electron chi connectivity index (χ2n) is 6.16. The fourth-order valence-corrected chi connectivity index (χ4v) is 3.65. The standard InChI is InChI=1S/C14H25N3OS/c1-11(2)13-12(19-16-15-13)10-17(3)9-8-14(18)6-4-5-7-14/h11,18H,4-10H2,1-3H3. The van der Waals surface area contributed by atoms with Crippen LogP contribution in [0.2, 0.25) is 0 Å². The molecule has 4 nitrogen and oxygen atoms in total. The first-order chi connectivity index (χ1) is 9.00. The highest BCUT2D eigenvalue weighted by Crippen LogP contribution is 2.32. The molecule has 19 heavy (non-hydrogen) atoms. The van der Waals surface area contributed by atoms with Crippen molar-refractivity contribution in [2.24, 2.45) is 0 Å². The third-order valence-corrected chi connectivity index (χ3v) is 4.76. The Hall–Kier alpha value is -0.520. The zero-order valence-electron chi connectivity index (χ0n) is 12.2. The highest BCUT2D eigenvalue weighted by Gasteiger charge is 2.30. The van der Waals surface area contributed by atoms with Gasteiger partial charge in [0.05, 0.1) is 16.2 Å². The van der Waals surface area contributed by atoms with Crippen LogP contribution in [-0.4, -0.2) is 38.8 Å². The summed E-state index contributed by atoms with van der Waals surface area (Å²) in [5.74, 6) is 0.432. The van der Waals surface area contributed by atoms with Gasteiger partial charge in [-0.1, -0.05) is 31.2 Å². The first-order valence-electron chi connectivity index (χ1n) is 7.22. The van der Waals surface area contributed by atoms with Crippen LogP contribution in [-0.2, 0) is 6.54 Å². The molecule has 2 rings (SSSR count). The molecule has 5 heteroatoms. The molecule has 0 amide bonds. The SMILES string of the molecule is CC(C)c1nnsc1CN(C)CCC1(O)CCCC1. The molecular weight excluding hydrogens is 258 g/mol. The van der Waals surface area contributed by atoms with Gasteiger partial charge in [-0.05, 0) is 43.8 Å². The molecule has 1 aromatic heterocycles. The van der Waals surface area contributed by atoms with Crippen molar-refractivity contribution in [3.63, 3.8) is 0 Å². The number of aromatic nitrogens is 2. The van der Waals surface area contributed by atoms with Crippen LogP contribution in [0.3, 0.4) is 0 Å². The van der Waals surface area contributed by atoms with E-state index in [9.17, 15) is 5.11 Å². The molecule has 0 radical (unpaired) electrons. The molecule has 0 saturated heterocycles. The fraction of sp³-hybridized carbons (Fsp3) is 0.857. The van der Waals surface area contributed by atoms with Crippen molar-refractivity contribution in [1.29, 1.82) is 0 Å². The van der Waals surface area contributed by atoms with Gasteiger partial charge in [0.15, 0.2) is 0 Å². The maximum absolute atomic E-state index is 10.4. The number of nitrogens with zero attached hydrogens (tertiary/aromatic N) is 3. The van der Waals surface area contributed by atoms with E-state index in [1.54, 1.807) is 0 Å². The molecule has 1 heterocycles. The minimum absolute atomic E-state index is 0.402. The number of hydrogen-bond donors (Lipinski definition) is 1. The minimum atomic E-state index is -0.402. The summed E-state index contributed by atoms with van der Waals surface area (Å²) < 4.78 is 4.06. The van der Waals surface area contributed by atoms with Crippen LogP contribution in [0.5, 0.6) is 0 Å². The molecule has 0 bridgehead atoms. The summed E-state index contributed by atoms with van der Waals surface area (Å²) in [4.78, 5) is 3.54. The maximum Gasteiger partial charge on any atom is 0.0826 e. The Morgan fingerprint density at radius 2 is 2.05 bits per heavy atom. The molecule has 0 unspecified atom stereocenters. The molecule has 0 aliphatic heterocycles. The first kappa shape index (κ1) is 14.9. The van der Waals surface area contributed by atoms with Crippen molar-refractivity contribution in [2.75, 3.05) is 13.6 Å². The highest BCUT2D eigenvalue weighted by molar-refractivity contribution is 7.05. The lowest BCUT2D eigenvalue weighted by Gasteiger charge is -2.25. The van der Waals surface area contributed by atoms with Crippen LogP contribution in [0, 0.1) is 0 Å². The average molecular weight is 283 g/mol. The predicted molar refractivity (Wildman–Crippen MR) is 78.4 cm³/mol. The van der Waals surface area contributed by atoms with Crippen molar-refractivity contribution in [3.05, 3.63) is 10.6 Å². The highest BCUT2D eigenvalue weighted by atomic mass is 32.1. The molecule has 0 spiro atoms. The third-order valence-electron chi connectivity index (χ3n) is 4.04. The van der Waals surface area contributed by atoms with E-state index in [1.165, 1.54) is 29.3 Å². The molecule has 1 saturated carbocycles. The lowest BCUT2D eigenvalue weighted by atomic mass is 9.98. The summed E-state index contributed by atoms with van der Waals surface area (Å²) >= 11 is 1.50.